The van der Waals surface area contributed by atoms with Gasteiger partial charge in [-0.2, -0.15) is 13.2 Å². The molecule has 0 aliphatic heterocycles. The van der Waals surface area contributed by atoms with Gasteiger partial charge in [0, 0.05) is 12.2 Å². The van der Waals surface area contributed by atoms with Crippen molar-refractivity contribution in [2.75, 3.05) is 0 Å². The van der Waals surface area contributed by atoms with Crippen LogP contribution in [-0.4, -0.2) is 26.5 Å². The Balaban J connectivity index is 2.03. The number of nitrogens with zero attached hydrogens (tertiary/aromatic N) is 3. The zero-order valence-electron chi connectivity index (χ0n) is 9.81. The zero-order chi connectivity index (χ0) is 13.6. The topological polar surface area (TPSA) is 47.8 Å². The Morgan fingerprint density at radius 3 is 2.79 bits per heavy atom. The van der Waals surface area contributed by atoms with Gasteiger partial charge in [0.2, 0.25) is 5.78 Å². The highest BCUT2D eigenvalue weighted by Crippen LogP contribution is 2.38. The van der Waals surface area contributed by atoms with Crippen molar-refractivity contribution < 1.29 is 18.0 Å². The lowest BCUT2D eigenvalue weighted by Gasteiger charge is -2.08. The quantitative estimate of drug-likeness (QED) is 0.859. The van der Waals surface area contributed by atoms with Gasteiger partial charge in [-0.1, -0.05) is 0 Å². The number of alkyl halides is 3. The van der Waals surface area contributed by atoms with Gasteiger partial charge in [0.1, 0.15) is 11.3 Å². The molecule has 100 valence electrons. The van der Waals surface area contributed by atoms with Gasteiger partial charge in [0.25, 0.3) is 0 Å². The van der Waals surface area contributed by atoms with Gasteiger partial charge in [-0.3, -0.25) is 9.78 Å². The second-order valence-corrected chi connectivity index (χ2v) is 4.59. The molecular weight excluding hydrogens is 259 g/mol. The first-order chi connectivity index (χ1) is 8.97. The van der Waals surface area contributed by atoms with Crippen molar-refractivity contribution in [1.82, 2.24) is 14.5 Å². The van der Waals surface area contributed by atoms with E-state index in [0.29, 0.717) is 5.52 Å². The molecule has 0 bridgehead atoms. The van der Waals surface area contributed by atoms with Crippen molar-refractivity contribution >= 4 is 16.8 Å². The van der Waals surface area contributed by atoms with Crippen LogP contribution in [0.5, 0.6) is 0 Å². The van der Waals surface area contributed by atoms with Crippen LogP contribution >= 0.6 is 0 Å². The van der Waals surface area contributed by atoms with Crippen molar-refractivity contribution in [3.05, 3.63) is 24.3 Å². The molecule has 0 atom stereocenters. The third-order valence-corrected chi connectivity index (χ3v) is 3.11. The van der Waals surface area contributed by atoms with Crippen LogP contribution in [0.4, 0.5) is 13.2 Å². The molecule has 4 nitrogen and oxygen atoms in total. The molecule has 3 rings (SSSR count). The molecule has 0 radical (unpaired) electrons. The molecule has 0 spiro atoms. The summed E-state index contributed by atoms with van der Waals surface area (Å²) < 4.78 is 38.8. The number of rotatable bonds is 3. The van der Waals surface area contributed by atoms with Crippen molar-refractivity contribution in [3.63, 3.8) is 0 Å². The molecule has 1 aliphatic rings. The molecule has 0 saturated heterocycles. The lowest BCUT2D eigenvalue weighted by molar-refractivity contribution is -0.170. The molecule has 2 aromatic rings. The van der Waals surface area contributed by atoms with Crippen molar-refractivity contribution in [3.8, 4) is 0 Å². The summed E-state index contributed by atoms with van der Waals surface area (Å²) >= 11 is 0. The van der Waals surface area contributed by atoms with Gasteiger partial charge in [0.05, 0.1) is 18.1 Å². The van der Waals surface area contributed by atoms with Crippen molar-refractivity contribution in [2.45, 2.75) is 31.5 Å². The largest absolute Gasteiger partial charge is 0.450 e. The number of pyridine rings is 1. The smallest absolute Gasteiger partial charge is 0.324 e. The van der Waals surface area contributed by atoms with Crippen molar-refractivity contribution in [2.24, 2.45) is 0 Å². The minimum absolute atomic E-state index is 0.156. The molecule has 2 heterocycles. The predicted octanol–water partition coefficient (Wildman–Crippen LogP) is 2.44. The number of carbonyl (C=O) groups is 1. The van der Waals surface area contributed by atoms with E-state index in [1.165, 1.54) is 6.20 Å². The molecule has 0 N–H and O–H groups in total. The summed E-state index contributed by atoms with van der Waals surface area (Å²) in [4.78, 5) is 19.1. The van der Waals surface area contributed by atoms with E-state index in [4.69, 9.17) is 0 Å². The molecule has 19 heavy (non-hydrogen) atoms. The van der Waals surface area contributed by atoms with Crippen LogP contribution in [0.15, 0.2) is 18.5 Å². The van der Waals surface area contributed by atoms with Gasteiger partial charge in [-0.25, -0.2) is 4.98 Å². The minimum Gasteiger partial charge on any atom is -0.324 e. The number of hydrogen-bond acceptors (Lipinski definition) is 3. The number of carbonyl (C=O) groups excluding carboxylic acids is 1. The molecule has 0 amide bonds. The standard InChI is InChI=1S/C12H10F3N3O/c13-12(14,15)10(19)5-11-17-8-6-16-4-3-9(8)18(11)7-1-2-7/h3-4,6-7H,1-2,5H2. The highest BCUT2D eigenvalue weighted by Gasteiger charge is 2.39. The molecule has 2 aromatic heterocycles. The fourth-order valence-electron chi connectivity index (χ4n) is 2.11. The third kappa shape index (κ3) is 2.20. The number of aromatic nitrogens is 3. The Morgan fingerprint density at radius 1 is 1.42 bits per heavy atom. The summed E-state index contributed by atoms with van der Waals surface area (Å²) in [7, 11) is 0. The molecule has 1 saturated carbocycles. The van der Waals surface area contributed by atoms with Crippen LogP contribution in [-0.2, 0) is 11.2 Å². The van der Waals surface area contributed by atoms with E-state index in [-0.39, 0.29) is 11.9 Å². The van der Waals surface area contributed by atoms with E-state index < -0.39 is 18.4 Å². The maximum Gasteiger partial charge on any atom is 0.450 e. The summed E-state index contributed by atoms with van der Waals surface area (Å²) in [6, 6.07) is 1.87. The lowest BCUT2D eigenvalue weighted by Crippen LogP contribution is -2.26. The van der Waals surface area contributed by atoms with Crippen LogP contribution in [0.1, 0.15) is 24.7 Å². The third-order valence-electron chi connectivity index (χ3n) is 3.11. The molecular formula is C12H10F3N3O. The van der Waals surface area contributed by atoms with E-state index in [1.807, 2.05) is 0 Å². The fraction of sp³-hybridized carbons (Fsp3) is 0.417. The monoisotopic (exact) mass is 269 g/mol. The first-order valence-electron chi connectivity index (χ1n) is 5.87. The number of fused-ring (bicyclic) bond motifs is 1. The first kappa shape index (κ1) is 12.1. The van der Waals surface area contributed by atoms with Crippen LogP contribution in [0.3, 0.4) is 0 Å². The Kier molecular flexibility index (Phi) is 2.58. The van der Waals surface area contributed by atoms with Crippen molar-refractivity contribution in [1.29, 1.82) is 0 Å². The van der Waals surface area contributed by atoms with Crippen LogP contribution < -0.4 is 0 Å². The summed E-state index contributed by atoms with van der Waals surface area (Å²) in [5.74, 6) is -1.59. The summed E-state index contributed by atoms with van der Waals surface area (Å²) in [6.45, 7) is 0. The van der Waals surface area contributed by atoms with Crippen LogP contribution in [0.25, 0.3) is 11.0 Å². The van der Waals surface area contributed by atoms with E-state index in [1.54, 1.807) is 16.8 Å². The molecule has 0 aromatic carbocycles. The fourth-order valence-corrected chi connectivity index (χ4v) is 2.11. The van der Waals surface area contributed by atoms with Gasteiger partial charge in [-0.15, -0.1) is 0 Å². The maximum absolute atomic E-state index is 12.3. The van der Waals surface area contributed by atoms with Gasteiger partial charge in [0.15, 0.2) is 0 Å². The van der Waals surface area contributed by atoms with E-state index in [2.05, 4.69) is 9.97 Å². The SMILES string of the molecule is O=C(Cc1nc2cnccc2n1C1CC1)C(F)(F)F. The number of halogens is 3. The van der Waals surface area contributed by atoms with Gasteiger partial charge < -0.3 is 4.57 Å². The lowest BCUT2D eigenvalue weighted by atomic mass is 10.2. The highest BCUT2D eigenvalue weighted by molar-refractivity contribution is 5.86. The Bertz CT molecular complexity index is 643. The van der Waals surface area contributed by atoms with Gasteiger partial charge >= 0.3 is 6.18 Å². The number of Topliss-reactive ketones (excluding diaryl/α,β-unsaturated/α-hetero) is 1. The summed E-state index contributed by atoms with van der Waals surface area (Å²) in [6.07, 6.45) is -0.657. The zero-order valence-corrected chi connectivity index (χ0v) is 9.81. The van der Waals surface area contributed by atoms with E-state index in [0.717, 1.165) is 18.4 Å². The number of ketones is 1. The number of imidazole rings is 1. The molecule has 1 aliphatic carbocycles. The average molecular weight is 269 g/mol. The molecule has 7 heteroatoms. The predicted molar refractivity (Wildman–Crippen MR) is 60.6 cm³/mol. The summed E-state index contributed by atoms with van der Waals surface area (Å²) in [5, 5.41) is 0. The Morgan fingerprint density at radius 2 is 2.16 bits per heavy atom. The number of hydrogen-bond donors (Lipinski definition) is 0. The second-order valence-electron chi connectivity index (χ2n) is 4.59. The normalized spacial score (nSPS) is 15.9. The molecule has 1 fully saturated rings. The first-order valence-corrected chi connectivity index (χ1v) is 5.87. The van der Waals surface area contributed by atoms with E-state index in [9.17, 15) is 18.0 Å². The van der Waals surface area contributed by atoms with Crippen LogP contribution in [0.2, 0.25) is 0 Å². The molecule has 0 unspecified atom stereocenters. The maximum atomic E-state index is 12.3. The van der Waals surface area contributed by atoms with Gasteiger partial charge in [-0.05, 0) is 18.9 Å². The minimum atomic E-state index is -4.81. The second kappa shape index (κ2) is 4.04. The van der Waals surface area contributed by atoms with E-state index >= 15 is 0 Å². The average Bonchev–Trinajstić information content (AvgIpc) is 3.09. The Labute approximate surface area is 106 Å². The summed E-state index contributed by atoms with van der Waals surface area (Å²) in [5.41, 5.74) is 1.27. The Hall–Kier alpha value is -1.92. The van der Waals surface area contributed by atoms with Crippen LogP contribution in [0, 0.1) is 0 Å². The highest BCUT2D eigenvalue weighted by atomic mass is 19.4.